The summed E-state index contributed by atoms with van der Waals surface area (Å²) in [5.41, 5.74) is 4.29. The van der Waals surface area contributed by atoms with Gasteiger partial charge < -0.3 is 24.8 Å². The maximum Gasteiger partial charge on any atom is 2.00 e. The van der Waals surface area contributed by atoms with Crippen LogP contribution in [0.3, 0.4) is 0 Å². The van der Waals surface area contributed by atoms with Crippen molar-refractivity contribution in [2.75, 3.05) is 0 Å². The Morgan fingerprint density at radius 2 is 0.778 bits per heavy atom. The minimum absolute atomic E-state index is 0. The number of aryl methyl sites for hydroxylation is 2. The van der Waals surface area contributed by atoms with Crippen molar-refractivity contribution in [1.29, 1.82) is 0 Å². The molecule has 0 amide bonds. The van der Waals surface area contributed by atoms with Crippen LogP contribution in [0.15, 0.2) is 36.7 Å². The van der Waals surface area contributed by atoms with Crippen LogP contribution in [0.1, 0.15) is 45.7 Å². The van der Waals surface area contributed by atoms with Crippen molar-refractivity contribution in [3.8, 4) is 11.4 Å². The van der Waals surface area contributed by atoms with Crippen LogP contribution in [-0.2, 0) is 19.5 Å². The van der Waals surface area contributed by atoms with Crippen molar-refractivity contribution in [3.63, 3.8) is 0 Å². The van der Waals surface area contributed by atoms with Gasteiger partial charge in [-0.2, -0.15) is 0 Å². The molecule has 27 heavy (non-hydrogen) atoms. The van der Waals surface area contributed by atoms with Crippen molar-refractivity contribution >= 4 is 0 Å². The molecule has 0 bridgehead atoms. The van der Waals surface area contributed by atoms with E-state index in [1.54, 1.807) is 0 Å². The van der Waals surface area contributed by atoms with Gasteiger partial charge in [0, 0.05) is 12.4 Å². The van der Waals surface area contributed by atoms with E-state index in [0.717, 1.165) is 11.4 Å². The number of rotatable bonds is 1. The molecule has 0 unspecified atom stereocenters. The monoisotopic (exact) mass is 492 g/mol. The molecular weight excluding hydrogens is 466 g/mol. The van der Waals surface area contributed by atoms with Crippen LogP contribution in [0.4, 0.5) is 0 Å². The second-order valence-corrected chi connectivity index (χ2v) is 6.56. The molecule has 2 nitrogen and oxygen atoms in total. The van der Waals surface area contributed by atoms with E-state index in [9.17, 15) is 0 Å². The summed E-state index contributed by atoms with van der Waals surface area (Å²) in [5, 5.41) is 0. The van der Waals surface area contributed by atoms with E-state index >= 15 is 0 Å². The summed E-state index contributed by atoms with van der Waals surface area (Å²) in [5.74, 6) is 7.34. The molecule has 0 aliphatic heterocycles. The fourth-order valence-electron chi connectivity index (χ4n) is 2.76. The Morgan fingerprint density at radius 3 is 1.00 bits per heavy atom. The second kappa shape index (κ2) is 12.9. The Bertz CT molecular complexity index is 593. The maximum atomic E-state index is 4.29. The molecule has 1 saturated carbocycles. The molecule has 0 atom stereocenters. The first kappa shape index (κ1) is 28.7. The van der Waals surface area contributed by atoms with Gasteiger partial charge in [0.05, 0.1) is 11.4 Å². The fraction of sp³-hybridized carbons (Fsp3) is 0.318. The van der Waals surface area contributed by atoms with E-state index < -0.39 is 0 Å². The summed E-state index contributed by atoms with van der Waals surface area (Å²) in [7, 11) is 0. The first-order valence-corrected chi connectivity index (χ1v) is 8.36. The topological polar surface area (TPSA) is 25.8 Å². The fourth-order valence-corrected chi connectivity index (χ4v) is 2.76. The molecular formula is C22H27Cl2N2Rh. The van der Waals surface area contributed by atoms with Crippen molar-refractivity contribution < 1.29 is 44.3 Å². The number of hydrogen-bond donors (Lipinski definition) is 0. The zero-order chi connectivity index (χ0) is 17.9. The average Bonchev–Trinajstić information content (AvgIpc) is 2.73. The zero-order valence-electron chi connectivity index (χ0n) is 16.9. The number of hydrogen-bond acceptors (Lipinski definition) is 2. The summed E-state index contributed by atoms with van der Waals surface area (Å²) in [6.07, 6.45) is 3.63. The standard InChI is InChI=1S/C12H12N2.C10H15.2ClH.Rh/c1-9-3-5-13-11(7-9)12-8-10(2)4-6-14-12;1-6-7(2)9(4)10(5)8(6)3;;;/h3-8H,1-2H3;1-5H3;2*1H;/q;;;;+2/p-2. The third-order valence-corrected chi connectivity index (χ3v) is 4.91. The van der Waals surface area contributed by atoms with Gasteiger partial charge in [0.2, 0.25) is 0 Å². The number of nitrogens with zero attached hydrogens (tertiary/aromatic N) is 2. The van der Waals surface area contributed by atoms with Crippen molar-refractivity contribution in [2.24, 2.45) is 0 Å². The van der Waals surface area contributed by atoms with Crippen LogP contribution in [0, 0.1) is 43.4 Å². The molecule has 2 aromatic heterocycles. The van der Waals surface area contributed by atoms with Gasteiger partial charge >= 0.3 is 19.5 Å². The van der Waals surface area contributed by atoms with Crippen LogP contribution < -0.4 is 24.8 Å². The van der Waals surface area contributed by atoms with Gasteiger partial charge in [-0.15, -0.1) is 0 Å². The van der Waals surface area contributed by atoms with Crippen molar-refractivity contribution in [1.82, 2.24) is 9.97 Å². The normalized spacial score (nSPS) is 15.8. The van der Waals surface area contributed by atoms with Crippen molar-refractivity contribution in [3.05, 3.63) is 77.4 Å². The molecule has 6 radical (unpaired) electrons. The number of halogens is 2. The third-order valence-electron chi connectivity index (χ3n) is 4.91. The van der Waals surface area contributed by atoms with E-state index in [2.05, 4.69) is 58.4 Å². The van der Waals surface area contributed by atoms with Gasteiger partial charge in [0.15, 0.2) is 0 Å². The molecule has 0 aromatic carbocycles. The minimum Gasteiger partial charge on any atom is -1.00 e. The van der Waals surface area contributed by atoms with Crippen LogP contribution >= 0.6 is 0 Å². The van der Waals surface area contributed by atoms with E-state index in [0.29, 0.717) is 0 Å². The Morgan fingerprint density at radius 1 is 0.519 bits per heavy atom. The minimum atomic E-state index is 0. The van der Waals surface area contributed by atoms with E-state index in [4.69, 9.17) is 0 Å². The van der Waals surface area contributed by atoms with Crippen molar-refractivity contribution in [2.45, 2.75) is 48.5 Å². The second-order valence-electron chi connectivity index (χ2n) is 6.56. The Balaban J connectivity index is 0. The smallest absolute Gasteiger partial charge is 1.00 e. The Kier molecular flexibility index (Phi) is 13.7. The summed E-state index contributed by atoms with van der Waals surface area (Å²) >= 11 is 0. The number of aromatic nitrogens is 2. The van der Waals surface area contributed by atoms with Gasteiger partial charge in [0.25, 0.3) is 0 Å². The quantitative estimate of drug-likeness (QED) is 0.512. The molecule has 3 rings (SSSR count). The predicted molar refractivity (Wildman–Crippen MR) is 102 cm³/mol. The molecule has 0 spiro atoms. The van der Waals surface area contributed by atoms with Gasteiger partial charge in [0.1, 0.15) is 0 Å². The molecule has 2 aromatic rings. The predicted octanol–water partition coefficient (Wildman–Crippen LogP) is -0.262. The van der Waals surface area contributed by atoms with Gasteiger partial charge in [-0.05, 0) is 78.8 Å². The van der Waals surface area contributed by atoms with Crippen LogP contribution in [0.5, 0.6) is 0 Å². The molecule has 1 aliphatic carbocycles. The van der Waals surface area contributed by atoms with Gasteiger partial charge in [-0.25, -0.2) is 0 Å². The van der Waals surface area contributed by atoms with Crippen LogP contribution in [0.25, 0.3) is 11.4 Å². The summed E-state index contributed by atoms with van der Waals surface area (Å²) in [6.45, 7) is 15.1. The van der Waals surface area contributed by atoms with Crippen LogP contribution in [-0.4, -0.2) is 9.97 Å². The Hall–Kier alpha value is -0.497. The molecule has 0 saturated heterocycles. The summed E-state index contributed by atoms with van der Waals surface area (Å²) in [4.78, 5) is 8.58. The third kappa shape index (κ3) is 7.44. The van der Waals surface area contributed by atoms with Crippen LogP contribution in [0.2, 0.25) is 0 Å². The van der Waals surface area contributed by atoms with Gasteiger partial charge in [-0.1, -0.05) is 34.6 Å². The van der Waals surface area contributed by atoms with E-state index in [1.807, 2.05) is 36.7 Å². The molecule has 1 fully saturated rings. The largest absolute Gasteiger partial charge is 2.00 e. The molecule has 1 aliphatic rings. The molecule has 2 heterocycles. The van der Waals surface area contributed by atoms with E-state index in [-0.39, 0.29) is 44.3 Å². The maximum absolute atomic E-state index is 4.29. The first-order chi connectivity index (χ1) is 11.3. The zero-order valence-corrected chi connectivity index (χ0v) is 20.1. The van der Waals surface area contributed by atoms with Gasteiger partial charge in [-0.3, -0.25) is 9.97 Å². The van der Waals surface area contributed by atoms with E-state index in [1.165, 1.54) is 40.7 Å². The number of pyridine rings is 2. The SMILES string of the molecule is C[C]1[C](C)[C](C)[C](C)[C]1C.Cc1ccnc(-c2cc(C)ccn2)c1.[Cl-].[Cl-].[Rh+2]. The molecule has 5 heteroatoms. The summed E-state index contributed by atoms with van der Waals surface area (Å²) in [6, 6.07) is 8.06. The molecule has 148 valence electrons. The Labute approximate surface area is 190 Å². The average molecular weight is 493 g/mol. The summed E-state index contributed by atoms with van der Waals surface area (Å²) < 4.78 is 0. The molecule has 0 N–H and O–H groups in total. The first-order valence-electron chi connectivity index (χ1n) is 8.36.